The van der Waals surface area contributed by atoms with E-state index in [-0.39, 0.29) is 23.7 Å². The van der Waals surface area contributed by atoms with Crippen LogP contribution in [0, 0.1) is 0 Å². The van der Waals surface area contributed by atoms with Crippen LogP contribution >= 0.6 is 11.8 Å². The monoisotopic (exact) mass is 489 g/mol. The number of benzene rings is 1. The van der Waals surface area contributed by atoms with E-state index in [1.807, 2.05) is 30.8 Å². The Labute approximate surface area is 207 Å². The Morgan fingerprint density at radius 3 is 2.79 bits per heavy atom. The third-order valence-corrected chi connectivity index (χ3v) is 6.73. The van der Waals surface area contributed by atoms with Gasteiger partial charge in [-0.15, -0.1) is 11.8 Å². The maximum Gasteiger partial charge on any atom is 0.129 e. The zero-order valence-electron chi connectivity index (χ0n) is 20.5. The van der Waals surface area contributed by atoms with Gasteiger partial charge in [0.2, 0.25) is 0 Å². The minimum atomic E-state index is -0.148. The predicted octanol–water partition coefficient (Wildman–Crippen LogP) is 1.36. The summed E-state index contributed by atoms with van der Waals surface area (Å²) in [4.78, 5) is 5.72. The molecule has 4 atom stereocenters. The Bertz CT molecular complexity index is 907. The third-order valence-electron chi connectivity index (χ3n) is 5.39. The Hall–Kier alpha value is -2.08. The number of allylic oxidation sites excluding steroid dienone is 1. The first-order valence-corrected chi connectivity index (χ1v) is 12.6. The molecule has 3 rings (SSSR count). The highest BCUT2D eigenvalue weighted by Gasteiger charge is 2.34. The van der Waals surface area contributed by atoms with E-state index in [2.05, 4.69) is 40.9 Å². The Morgan fingerprint density at radius 1 is 1.32 bits per heavy atom. The number of rotatable bonds is 11. The molecule has 34 heavy (non-hydrogen) atoms. The number of hydrogen-bond donors (Lipinski definition) is 6. The molecule has 0 saturated heterocycles. The molecular formula is C24H39N7O2S. The summed E-state index contributed by atoms with van der Waals surface area (Å²) in [6.45, 7) is 7.76. The summed E-state index contributed by atoms with van der Waals surface area (Å²) in [7, 11) is 1.63. The van der Waals surface area contributed by atoms with Gasteiger partial charge in [-0.05, 0) is 38.5 Å². The first-order valence-electron chi connectivity index (χ1n) is 11.7. The summed E-state index contributed by atoms with van der Waals surface area (Å²) in [5.41, 5.74) is 21.8. The van der Waals surface area contributed by atoms with E-state index in [9.17, 15) is 0 Å². The van der Waals surface area contributed by atoms with Crippen LogP contribution in [0.25, 0.3) is 11.3 Å². The number of nitrogens with one attached hydrogen (secondary N) is 3. The van der Waals surface area contributed by atoms with Crippen molar-refractivity contribution < 1.29 is 9.47 Å². The minimum absolute atomic E-state index is 0.0213. The molecule has 0 aromatic heterocycles. The predicted molar refractivity (Wildman–Crippen MR) is 142 cm³/mol. The lowest BCUT2D eigenvalue weighted by Gasteiger charge is -2.30. The summed E-state index contributed by atoms with van der Waals surface area (Å²) < 4.78 is 11.2. The molecule has 9 nitrogen and oxygen atoms in total. The smallest absolute Gasteiger partial charge is 0.129 e. The van der Waals surface area contributed by atoms with Crippen LogP contribution in [0.4, 0.5) is 0 Å². The highest BCUT2D eigenvalue weighted by Crippen LogP contribution is 2.43. The quantitative estimate of drug-likeness (QED) is 0.200. The summed E-state index contributed by atoms with van der Waals surface area (Å²) in [5, 5.41) is 10.9. The number of ether oxygens (including phenoxy) is 2. The van der Waals surface area contributed by atoms with Crippen molar-refractivity contribution in [2.45, 2.75) is 57.0 Å². The second-order valence-corrected chi connectivity index (χ2v) is 10.1. The third kappa shape index (κ3) is 6.97. The first kappa shape index (κ1) is 26.5. The molecule has 0 aliphatic carbocycles. The van der Waals surface area contributed by atoms with E-state index in [4.69, 9.17) is 26.7 Å². The van der Waals surface area contributed by atoms with Gasteiger partial charge in [-0.2, -0.15) is 0 Å². The molecule has 0 amide bonds. The van der Waals surface area contributed by atoms with Crippen LogP contribution in [0.3, 0.4) is 0 Å². The first-order chi connectivity index (χ1) is 16.3. The number of nitrogens with zero attached hydrogens (tertiary/aromatic N) is 1. The van der Waals surface area contributed by atoms with Gasteiger partial charge in [0.15, 0.2) is 0 Å². The van der Waals surface area contributed by atoms with E-state index < -0.39 is 0 Å². The van der Waals surface area contributed by atoms with Crippen molar-refractivity contribution in [2.24, 2.45) is 22.2 Å². The fourth-order valence-corrected chi connectivity index (χ4v) is 5.21. The molecule has 2 aliphatic rings. The Kier molecular flexibility index (Phi) is 9.81. The second-order valence-electron chi connectivity index (χ2n) is 8.88. The van der Waals surface area contributed by atoms with Crippen molar-refractivity contribution in [3.05, 3.63) is 40.4 Å². The number of methoxy groups -OCH3 is 1. The van der Waals surface area contributed by atoms with Gasteiger partial charge in [-0.25, -0.2) is 0 Å². The van der Waals surface area contributed by atoms with E-state index in [1.165, 1.54) is 4.91 Å². The molecule has 2 aliphatic heterocycles. The van der Waals surface area contributed by atoms with E-state index >= 15 is 0 Å². The van der Waals surface area contributed by atoms with Crippen LogP contribution in [-0.4, -0.2) is 62.9 Å². The van der Waals surface area contributed by atoms with Crippen LogP contribution < -0.4 is 37.9 Å². The molecule has 0 spiro atoms. The minimum Gasteiger partial charge on any atom is -0.492 e. The molecule has 0 fully saturated rings. The van der Waals surface area contributed by atoms with Gasteiger partial charge in [0.1, 0.15) is 11.1 Å². The molecule has 0 saturated carbocycles. The van der Waals surface area contributed by atoms with Crippen molar-refractivity contribution >= 4 is 29.2 Å². The number of aliphatic imine (C=N–C) groups is 1. The second kappa shape index (κ2) is 12.6. The van der Waals surface area contributed by atoms with Gasteiger partial charge < -0.3 is 32.0 Å². The van der Waals surface area contributed by atoms with Crippen LogP contribution in [-0.2, 0) is 4.74 Å². The fourth-order valence-electron chi connectivity index (χ4n) is 3.94. The molecule has 10 heteroatoms. The molecule has 4 unspecified atom stereocenters. The lowest BCUT2D eigenvalue weighted by molar-refractivity contribution is 0.182. The standard InChI is InChI=1S/C24H39N7O2S/c1-14(2)29-23(30-15(3)26)24-31-22-19-6-5-16(9-20(19)33-8-7-21(22)34-24)17(10-25)11-28-12-18(27)13-32-4/h5-6,9-11,14-15,18,23-24,29-31H,7-8,12-13,25-27H2,1-4H3. The number of hydrogen-bond acceptors (Lipinski definition) is 10. The summed E-state index contributed by atoms with van der Waals surface area (Å²) in [5.74, 6) is 0.827. The zero-order valence-corrected chi connectivity index (χ0v) is 21.3. The summed E-state index contributed by atoms with van der Waals surface area (Å²) in [6.07, 6.45) is 4.05. The van der Waals surface area contributed by atoms with Crippen LogP contribution in [0.2, 0.25) is 0 Å². The molecule has 9 N–H and O–H groups in total. The van der Waals surface area contributed by atoms with Crippen molar-refractivity contribution in [3.63, 3.8) is 0 Å². The lowest BCUT2D eigenvalue weighted by Crippen LogP contribution is -2.59. The fraction of sp³-hybridized carbons (Fsp3) is 0.542. The van der Waals surface area contributed by atoms with Crippen LogP contribution in [0.1, 0.15) is 38.3 Å². The summed E-state index contributed by atoms with van der Waals surface area (Å²) >= 11 is 1.83. The normalized spacial score (nSPS) is 21.0. The van der Waals surface area contributed by atoms with Crippen LogP contribution in [0.5, 0.6) is 5.75 Å². The number of thioether (sulfide) groups is 1. The van der Waals surface area contributed by atoms with E-state index in [1.54, 1.807) is 19.5 Å². The SMILES string of the molecule is COCC(N)CN=CC(=CN)c1ccc2c(c1)OCCC1=C2NC(C(NC(C)C)NC(C)N)S1. The number of nitrogens with two attached hydrogens (primary N) is 3. The van der Waals surface area contributed by atoms with Gasteiger partial charge in [0, 0.05) is 54.1 Å². The Morgan fingerprint density at radius 2 is 2.12 bits per heavy atom. The van der Waals surface area contributed by atoms with Crippen molar-refractivity contribution in [2.75, 3.05) is 26.9 Å². The molecule has 0 radical (unpaired) electrons. The number of fused-ring (bicyclic) bond motifs is 2. The molecule has 1 aromatic carbocycles. The topological polar surface area (TPSA) is 145 Å². The average molecular weight is 490 g/mol. The molecular weight excluding hydrogens is 450 g/mol. The van der Waals surface area contributed by atoms with E-state index in [0.717, 1.165) is 34.6 Å². The van der Waals surface area contributed by atoms with Crippen LogP contribution in [0.15, 0.2) is 34.3 Å². The molecule has 2 heterocycles. The summed E-state index contributed by atoms with van der Waals surface area (Å²) in [6, 6.07) is 6.32. The maximum absolute atomic E-state index is 6.12. The van der Waals surface area contributed by atoms with Gasteiger partial charge in [-0.3, -0.25) is 15.6 Å². The largest absolute Gasteiger partial charge is 0.492 e. The van der Waals surface area contributed by atoms with Crippen molar-refractivity contribution in [1.29, 1.82) is 0 Å². The lowest BCUT2D eigenvalue weighted by atomic mass is 10.0. The van der Waals surface area contributed by atoms with Gasteiger partial charge in [0.05, 0.1) is 37.8 Å². The highest BCUT2D eigenvalue weighted by atomic mass is 32.2. The van der Waals surface area contributed by atoms with Gasteiger partial charge >= 0.3 is 0 Å². The molecule has 188 valence electrons. The molecule has 0 bridgehead atoms. The van der Waals surface area contributed by atoms with Crippen molar-refractivity contribution in [3.8, 4) is 5.75 Å². The van der Waals surface area contributed by atoms with Gasteiger partial charge in [0.25, 0.3) is 0 Å². The zero-order chi connectivity index (χ0) is 24.7. The average Bonchev–Trinajstić information content (AvgIpc) is 3.12. The highest BCUT2D eigenvalue weighted by molar-refractivity contribution is 8.04. The van der Waals surface area contributed by atoms with E-state index in [0.29, 0.717) is 25.8 Å². The Balaban J connectivity index is 1.78. The molecule has 1 aromatic rings. The maximum atomic E-state index is 6.12. The van der Waals surface area contributed by atoms with Gasteiger partial charge in [-0.1, -0.05) is 6.07 Å². The van der Waals surface area contributed by atoms with Crippen molar-refractivity contribution in [1.82, 2.24) is 16.0 Å².